The number of nitrogens with zero attached hydrogens (tertiary/aromatic N) is 1. The third kappa shape index (κ3) is 5.50. The molecule has 1 aromatic rings. The highest BCUT2D eigenvalue weighted by atomic mass is 19.1. The van der Waals surface area contributed by atoms with Gasteiger partial charge in [0.2, 0.25) is 0 Å². The monoisotopic (exact) mass is 252 g/mol. The van der Waals surface area contributed by atoms with E-state index in [2.05, 4.69) is 12.2 Å². The number of anilines is 1. The van der Waals surface area contributed by atoms with Gasteiger partial charge in [-0.05, 0) is 25.1 Å². The van der Waals surface area contributed by atoms with E-state index in [1.54, 1.807) is 6.07 Å². The third-order valence-electron chi connectivity index (χ3n) is 3.09. The predicted octanol–water partition coefficient (Wildman–Crippen LogP) is 3.43. The van der Waals surface area contributed by atoms with Crippen LogP contribution in [0.4, 0.5) is 10.1 Å². The van der Waals surface area contributed by atoms with E-state index in [1.165, 1.54) is 31.7 Å². The Hall–Kier alpha value is -1.09. The Morgan fingerprint density at radius 2 is 1.89 bits per heavy atom. The van der Waals surface area contributed by atoms with Gasteiger partial charge < -0.3 is 10.2 Å². The number of unbranched alkanes of at least 4 members (excludes halogenated alkanes) is 3. The molecule has 0 aliphatic rings. The molecule has 0 spiro atoms. The minimum atomic E-state index is -0.150. The van der Waals surface area contributed by atoms with E-state index in [4.69, 9.17) is 0 Å². The smallest absolute Gasteiger partial charge is 0.146 e. The standard InChI is InChI=1S/C15H25FN2/c1-3-4-5-8-11-17-12-13-18(2)15-10-7-6-9-14(15)16/h6-7,9-10,17H,3-5,8,11-13H2,1-2H3. The molecule has 0 radical (unpaired) electrons. The van der Waals surface area contributed by atoms with Crippen LogP contribution in [-0.2, 0) is 0 Å². The highest BCUT2D eigenvalue weighted by Crippen LogP contribution is 2.16. The van der Waals surface area contributed by atoms with E-state index in [0.717, 1.165) is 19.6 Å². The molecule has 0 aromatic heterocycles. The summed E-state index contributed by atoms with van der Waals surface area (Å²) in [6.45, 7) is 5.01. The van der Waals surface area contributed by atoms with Gasteiger partial charge in [-0.1, -0.05) is 38.3 Å². The van der Waals surface area contributed by atoms with Crippen molar-refractivity contribution in [1.29, 1.82) is 0 Å². The fourth-order valence-corrected chi connectivity index (χ4v) is 1.93. The predicted molar refractivity (Wildman–Crippen MR) is 76.7 cm³/mol. The highest BCUT2D eigenvalue weighted by Gasteiger charge is 2.05. The topological polar surface area (TPSA) is 15.3 Å². The van der Waals surface area contributed by atoms with Crippen LogP contribution in [0.15, 0.2) is 24.3 Å². The minimum Gasteiger partial charge on any atom is -0.371 e. The molecule has 1 rings (SSSR count). The maximum Gasteiger partial charge on any atom is 0.146 e. The summed E-state index contributed by atoms with van der Waals surface area (Å²) in [5.74, 6) is -0.150. The Balaban J connectivity index is 2.14. The fourth-order valence-electron chi connectivity index (χ4n) is 1.93. The molecule has 3 heteroatoms. The van der Waals surface area contributed by atoms with Gasteiger partial charge in [0.25, 0.3) is 0 Å². The molecule has 0 fully saturated rings. The van der Waals surface area contributed by atoms with Crippen molar-refractivity contribution in [1.82, 2.24) is 5.32 Å². The number of para-hydroxylation sites is 1. The molecular weight excluding hydrogens is 227 g/mol. The largest absolute Gasteiger partial charge is 0.371 e. The van der Waals surface area contributed by atoms with Crippen molar-refractivity contribution in [2.75, 3.05) is 31.6 Å². The molecule has 2 nitrogen and oxygen atoms in total. The van der Waals surface area contributed by atoms with Gasteiger partial charge in [-0.3, -0.25) is 0 Å². The van der Waals surface area contributed by atoms with Gasteiger partial charge in [0.05, 0.1) is 5.69 Å². The molecule has 0 saturated heterocycles. The van der Waals surface area contributed by atoms with Crippen molar-refractivity contribution in [3.05, 3.63) is 30.1 Å². The quantitative estimate of drug-likeness (QED) is 0.677. The first kappa shape index (κ1) is 15.0. The summed E-state index contributed by atoms with van der Waals surface area (Å²) in [6, 6.07) is 6.91. The highest BCUT2D eigenvalue weighted by molar-refractivity contribution is 5.46. The van der Waals surface area contributed by atoms with Gasteiger partial charge in [0, 0.05) is 20.1 Å². The molecule has 1 aromatic carbocycles. The number of rotatable bonds is 9. The van der Waals surface area contributed by atoms with Crippen molar-refractivity contribution < 1.29 is 4.39 Å². The summed E-state index contributed by atoms with van der Waals surface area (Å²) in [5.41, 5.74) is 0.672. The molecule has 18 heavy (non-hydrogen) atoms. The number of hydrogen-bond acceptors (Lipinski definition) is 2. The average molecular weight is 252 g/mol. The summed E-state index contributed by atoms with van der Waals surface area (Å²) in [7, 11) is 1.93. The minimum absolute atomic E-state index is 0.150. The van der Waals surface area contributed by atoms with Gasteiger partial charge >= 0.3 is 0 Å². The van der Waals surface area contributed by atoms with Crippen LogP contribution in [0.5, 0.6) is 0 Å². The van der Waals surface area contributed by atoms with Gasteiger partial charge in [-0.15, -0.1) is 0 Å². The van der Waals surface area contributed by atoms with Crippen molar-refractivity contribution >= 4 is 5.69 Å². The van der Waals surface area contributed by atoms with E-state index in [-0.39, 0.29) is 5.82 Å². The second-order valence-corrected chi connectivity index (χ2v) is 4.68. The lowest BCUT2D eigenvalue weighted by molar-refractivity contribution is 0.591. The average Bonchev–Trinajstić information content (AvgIpc) is 2.38. The van der Waals surface area contributed by atoms with Crippen LogP contribution >= 0.6 is 0 Å². The summed E-state index contributed by atoms with van der Waals surface area (Å²) in [4.78, 5) is 1.95. The van der Waals surface area contributed by atoms with Crippen LogP contribution in [0, 0.1) is 5.82 Å². The second kappa shape index (κ2) is 8.92. The Morgan fingerprint density at radius 3 is 2.61 bits per heavy atom. The lowest BCUT2D eigenvalue weighted by Crippen LogP contribution is -2.30. The first-order valence-corrected chi connectivity index (χ1v) is 6.92. The van der Waals surface area contributed by atoms with Crippen molar-refractivity contribution in [3.8, 4) is 0 Å². The number of hydrogen-bond donors (Lipinski definition) is 1. The molecule has 0 atom stereocenters. The van der Waals surface area contributed by atoms with Gasteiger partial charge in [0.1, 0.15) is 5.82 Å². The molecule has 0 amide bonds. The molecule has 0 saturated carbocycles. The summed E-state index contributed by atoms with van der Waals surface area (Å²) >= 11 is 0. The number of halogens is 1. The van der Waals surface area contributed by atoms with Crippen LogP contribution in [0.25, 0.3) is 0 Å². The third-order valence-corrected chi connectivity index (χ3v) is 3.09. The Labute approximate surface area is 110 Å². The zero-order chi connectivity index (χ0) is 13.2. The Bertz CT molecular complexity index is 328. The summed E-state index contributed by atoms with van der Waals surface area (Å²) in [5, 5.41) is 3.40. The summed E-state index contributed by atoms with van der Waals surface area (Å²) in [6.07, 6.45) is 5.12. The van der Waals surface area contributed by atoms with Gasteiger partial charge in [-0.2, -0.15) is 0 Å². The van der Waals surface area contributed by atoms with Crippen molar-refractivity contribution in [2.45, 2.75) is 32.6 Å². The summed E-state index contributed by atoms with van der Waals surface area (Å²) < 4.78 is 13.5. The zero-order valence-electron chi connectivity index (χ0n) is 11.6. The Morgan fingerprint density at radius 1 is 1.11 bits per heavy atom. The zero-order valence-corrected chi connectivity index (χ0v) is 11.6. The van der Waals surface area contributed by atoms with Crippen molar-refractivity contribution in [2.24, 2.45) is 0 Å². The number of likely N-dealkylation sites (N-methyl/N-ethyl adjacent to an activating group) is 1. The normalized spacial score (nSPS) is 10.6. The molecule has 0 unspecified atom stereocenters. The van der Waals surface area contributed by atoms with E-state index >= 15 is 0 Å². The van der Waals surface area contributed by atoms with Crippen LogP contribution in [0.3, 0.4) is 0 Å². The molecule has 0 aliphatic carbocycles. The molecule has 102 valence electrons. The fraction of sp³-hybridized carbons (Fsp3) is 0.600. The molecular formula is C15H25FN2. The number of benzene rings is 1. The first-order valence-electron chi connectivity index (χ1n) is 6.92. The van der Waals surface area contributed by atoms with E-state index < -0.39 is 0 Å². The number of nitrogens with one attached hydrogen (secondary N) is 1. The molecule has 1 N–H and O–H groups in total. The second-order valence-electron chi connectivity index (χ2n) is 4.68. The Kier molecular flexibility index (Phi) is 7.42. The molecule has 0 heterocycles. The van der Waals surface area contributed by atoms with E-state index in [9.17, 15) is 4.39 Å². The SMILES string of the molecule is CCCCCCNCCN(C)c1ccccc1F. The van der Waals surface area contributed by atoms with Crippen LogP contribution < -0.4 is 10.2 Å². The van der Waals surface area contributed by atoms with Crippen LogP contribution in [0.2, 0.25) is 0 Å². The maximum atomic E-state index is 13.5. The first-order chi connectivity index (χ1) is 8.75. The maximum absolute atomic E-state index is 13.5. The van der Waals surface area contributed by atoms with Crippen LogP contribution in [-0.4, -0.2) is 26.7 Å². The van der Waals surface area contributed by atoms with Gasteiger partial charge in [0.15, 0.2) is 0 Å². The van der Waals surface area contributed by atoms with Gasteiger partial charge in [-0.25, -0.2) is 4.39 Å². The lowest BCUT2D eigenvalue weighted by atomic mass is 10.2. The molecule has 0 bridgehead atoms. The van der Waals surface area contributed by atoms with E-state index in [0.29, 0.717) is 5.69 Å². The molecule has 0 aliphatic heterocycles. The van der Waals surface area contributed by atoms with Crippen molar-refractivity contribution in [3.63, 3.8) is 0 Å². The lowest BCUT2D eigenvalue weighted by Gasteiger charge is -2.20. The van der Waals surface area contributed by atoms with E-state index in [1.807, 2.05) is 24.1 Å². The van der Waals surface area contributed by atoms with Crippen LogP contribution in [0.1, 0.15) is 32.6 Å².